The largest absolute Gasteiger partial charge is 0.460 e. The van der Waals surface area contributed by atoms with Gasteiger partial charge in [-0.2, -0.15) is 15.0 Å². The quantitative estimate of drug-likeness (QED) is 0.503. The molecule has 0 bridgehead atoms. The summed E-state index contributed by atoms with van der Waals surface area (Å²) in [7, 11) is 1.84. The molecule has 11 nitrogen and oxygen atoms in total. The molecule has 0 saturated carbocycles. The van der Waals surface area contributed by atoms with E-state index < -0.39 is 0 Å². The molecule has 1 aromatic heterocycles. The monoisotopic (exact) mass is 457 g/mol. The zero-order valence-electron chi connectivity index (χ0n) is 18.9. The molecule has 0 spiro atoms. The number of nitrogens with one attached hydrogen (secondary N) is 3. The van der Waals surface area contributed by atoms with Crippen LogP contribution in [0.5, 0.6) is 6.01 Å². The number of morpholine rings is 1. The molecule has 0 aliphatic carbocycles. The number of benzene rings is 1. The van der Waals surface area contributed by atoms with E-state index in [4.69, 9.17) is 19.2 Å². The van der Waals surface area contributed by atoms with Crippen molar-refractivity contribution in [3.05, 3.63) is 24.3 Å². The Kier molecular flexibility index (Phi) is 8.23. The van der Waals surface area contributed by atoms with Crippen molar-refractivity contribution < 1.29 is 19.0 Å². The first-order valence-electron chi connectivity index (χ1n) is 11.3. The summed E-state index contributed by atoms with van der Waals surface area (Å²) in [5.41, 5.74) is 1.49. The van der Waals surface area contributed by atoms with Crippen molar-refractivity contribution >= 4 is 17.7 Å². The van der Waals surface area contributed by atoms with Crippen molar-refractivity contribution in [2.75, 3.05) is 69.9 Å². The van der Waals surface area contributed by atoms with Gasteiger partial charge in [0.2, 0.25) is 5.95 Å². The lowest BCUT2D eigenvalue weighted by Gasteiger charge is -2.27. The highest BCUT2D eigenvalue weighted by atomic mass is 16.5. The Morgan fingerprint density at radius 1 is 1.03 bits per heavy atom. The van der Waals surface area contributed by atoms with Crippen LogP contribution in [0.1, 0.15) is 12.8 Å². The second-order valence-electron chi connectivity index (χ2n) is 7.83. The van der Waals surface area contributed by atoms with Crippen molar-refractivity contribution in [1.82, 2.24) is 25.6 Å². The van der Waals surface area contributed by atoms with Gasteiger partial charge in [-0.25, -0.2) is 4.79 Å². The molecule has 2 aliphatic heterocycles. The Hall–Kier alpha value is -3.02. The number of aromatic nitrogens is 3. The lowest BCUT2D eigenvalue weighted by atomic mass is 10.2. The van der Waals surface area contributed by atoms with Crippen molar-refractivity contribution in [1.29, 1.82) is 0 Å². The predicted molar refractivity (Wildman–Crippen MR) is 124 cm³/mol. The van der Waals surface area contributed by atoms with Crippen molar-refractivity contribution in [2.24, 2.45) is 0 Å². The number of hydrogen-bond donors (Lipinski definition) is 3. The van der Waals surface area contributed by atoms with Crippen LogP contribution in [0.4, 0.5) is 16.4 Å². The predicted octanol–water partition coefficient (Wildman–Crippen LogP) is 1.27. The summed E-state index contributed by atoms with van der Waals surface area (Å²) in [4.78, 5) is 27.9. The summed E-state index contributed by atoms with van der Waals surface area (Å²) >= 11 is 0. The Morgan fingerprint density at radius 3 is 2.48 bits per heavy atom. The van der Waals surface area contributed by atoms with E-state index in [-0.39, 0.29) is 12.1 Å². The Labute approximate surface area is 193 Å². The summed E-state index contributed by atoms with van der Waals surface area (Å²) in [6.07, 6.45) is 1.65. The third-order valence-electron chi connectivity index (χ3n) is 5.40. The topological polar surface area (TPSA) is 123 Å². The summed E-state index contributed by atoms with van der Waals surface area (Å²) in [5.74, 6) is 1.11. The second-order valence-corrected chi connectivity index (χ2v) is 7.83. The van der Waals surface area contributed by atoms with Crippen molar-refractivity contribution in [3.8, 4) is 17.4 Å². The Bertz CT molecular complexity index is 900. The Balaban J connectivity index is 1.51. The molecular weight excluding hydrogens is 426 g/mol. The maximum atomic E-state index is 12.0. The minimum Gasteiger partial charge on any atom is -0.460 e. The van der Waals surface area contributed by atoms with Crippen LogP contribution in [-0.4, -0.2) is 86.7 Å². The van der Waals surface area contributed by atoms with Gasteiger partial charge in [-0.15, -0.1) is 0 Å². The second kappa shape index (κ2) is 11.7. The standard InChI is InChI=1S/C22H31N7O4/c1-23-8-9-24-21(30)25-17-4-2-16(3-5-17)19-26-20(29-10-14-32-15-11-29)28-22(27-19)33-18-6-12-31-13-7-18/h2-5,18,23H,6-15H2,1H3,(H2,24,25,30). The normalized spacial score (nSPS) is 16.9. The van der Waals surface area contributed by atoms with Gasteiger partial charge in [0.25, 0.3) is 0 Å². The summed E-state index contributed by atoms with van der Waals surface area (Å²) in [6.45, 7) is 5.30. The van der Waals surface area contributed by atoms with E-state index in [1.165, 1.54) is 0 Å². The first-order chi connectivity index (χ1) is 16.2. The minimum absolute atomic E-state index is 0.0273. The number of urea groups is 1. The first-order valence-corrected chi connectivity index (χ1v) is 11.3. The van der Waals surface area contributed by atoms with E-state index in [9.17, 15) is 4.79 Å². The minimum atomic E-state index is -0.250. The van der Waals surface area contributed by atoms with E-state index in [1.54, 1.807) is 0 Å². The van der Waals surface area contributed by atoms with Gasteiger partial charge >= 0.3 is 12.0 Å². The highest BCUT2D eigenvalue weighted by molar-refractivity contribution is 5.89. The fourth-order valence-corrected chi connectivity index (χ4v) is 3.55. The van der Waals surface area contributed by atoms with Crippen LogP contribution in [-0.2, 0) is 9.47 Å². The van der Waals surface area contributed by atoms with Crippen LogP contribution in [0.15, 0.2) is 24.3 Å². The molecule has 0 unspecified atom stereocenters. The zero-order chi connectivity index (χ0) is 22.9. The number of carbonyl (C=O) groups excluding carboxylic acids is 1. The van der Waals surface area contributed by atoms with Crippen LogP contribution in [0, 0.1) is 0 Å². The van der Waals surface area contributed by atoms with Gasteiger partial charge in [0.15, 0.2) is 5.82 Å². The van der Waals surface area contributed by atoms with Crippen LogP contribution in [0.3, 0.4) is 0 Å². The van der Waals surface area contributed by atoms with Gasteiger partial charge in [0.1, 0.15) is 6.10 Å². The Morgan fingerprint density at radius 2 is 1.76 bits per heavy atom. The van der Waals surface area contributed by atoms with Gasteiger partial charge in [-0.3, -0.25) is 0 Å². The molecule has 11 heteroatoms. The molecule has 33 heavy (non-hydrogen) atoms. The molecule has 2 amide bonds. The summed E-state index contributed by atoms with van der Waals surface area (Å²) in [6, 6.07) is 7.47. The highest BCUT2D eigenvalue weighted by Gasteiger charge is 2.21. The van der Waals surface area contributed by atoms with E-state index in [2.05, 4.69) is 30.8 Å². The third-order valence-corrected chi connectivity index (χ3v) is 5.40. The molecule has 4 rings (SSSR count). The SMILES string of the molecule is CNCCNC(=O)Nc1ccc(-c2nc(OC3CCOCC3)nc(N3CCOCC3)n2)cc1. The third kappa shape index (κ3) is 6.73. The number of rotatable bonds is 8. The van der Waals surface area contributed by atoms with Gasteiger partial charge in [0.05, 0.1) is 26.4 Å². The smallest absolute Gasteiger partial charge is 0.322 e. The van der Waals surface area contributed by atoms with Crippen molar-refractivity contribution in [3.63, 3.8) is 0 Å². The maximum absolute atomic E-state index is 12.0. The number of ether oxygens (including phenoxy) is 3. The number of amides is 2. The number of hydrogen-bond acceptors (Lipinski definition) is 9. The van der Waals surface area contributed by atoms with Gasteiger partial charge in [-0.05, 0) is 31.3 Å². The van der Waals surface area contributed by atoms with Crippen LogP contribution in [0.2, 0.25) is 0 Å². The van der Waals surface area contributed by atoms with E-state index in [1.807, 2.05) is 31.3 Å². The fourth-order valence-electron chi connectivity index (χ4n) is 3.55. The molecule has 3 heterocycles. The van der Waals surface area contributed by atoms with Crippen LogP contribution in [0.25, 0.3) is 11.4 Å². The molecule has 2 fully saturated rings. The molecular formula is C22H31N7O4. The van der Waals surface area contributed by atoms with Crippen LogP contribution < -0.4 is 25.6 Å². The first kappa shape index (κ1) is 23.1. The lowest BCUT2D eigenvalue weighted by Crippen LogP contribution is -2.37. The molecule has 2 aromatic rings. The molecule has 2 aliphatic rings. The van der Waals surface area contributed by atoms with E-state index in [0.717, 1.165) is 18.4 Å². The van der Waals surface area contributed by atoms with Gasteiger partial charge in [-0.1, -0.05) is 0 Å². The number of carbonyl (C=O) groups is 1. The molecule has 0 radical (unpaired) electrons. The molecule has 0 atom stereocenters. The number of nitrogens with zero attached hydrogens (tertiary/aromatic N) is 4. The van der Waals surface area contributed by atoms with Gasteiger partial charge < -0.3 is 35.1 Å². The van der Waals surface area contributed by atoms with Crippen LogP contribution >= 0.6 is 0 Å². The average Bonchev–Trinajstić information content (AvgIpc) is 2.86. The maximum Gasteiger partial charge on any atom is 0.322 e. The zero-order valence-corrected chi connectivity index (χ0v) is 18.9. The van der Waals surface area contributed by atoms with Gasteiger partial charge in [0, 0.05) is 50.3 Å². The molecule has 1 aromatic carbocycles. The van der Waals surface area contributed by atoms with Crippen molar-refractivity contribution in [2.45, 2.75) is 18.9 Å². The lowest BCUT2D eigenvalue weighted by molar-refractivity contribution is 0.0217. The fraction of sp³-hybridized carbons (Fsp3) is 0.545. The summed E-state index contributed by atoms with van der Waals surface area (Å²) in [5, 5.41) is 8.58. The summed E-state index contributed by atoms with van der Waals surface area (Å²) < 4.78 is 17.0. The molecule has 3 N–H and O–H groups in total. The molecule has 178 valence electrons. The molecule has 2 saturated heterocycles. The number of anilines is 2. The van der Waals surface area contributed by atoms with E-state index in [0.29, 0.717) is 76.1 Å². The highest BCUT2D eigenvalue weighted by Crippen LogP contribution is 2.24. The number of likely N-dealkylation sites (N-methyl/N-ethyl adjacent to an activating group) is 1. The van der Waals surface area contributed by atoms with E-state index >= 15 is 0 Å². The average molecular weight is 458 g/mol.